The smallest absolute Gasteiger partial charge is 0.387 e. The number of halogens is 2. The molecule has 1 amide bonds. The van der Waals surface area contributed by atoms with Crippen LogP contribution in [-0.4, -0.2) is 27.5 Å². The molecule has 30 heavy (non-hydrogen) atoms. The van der Waals surface area contributed by atoms with Crippen LogP contribution in [0.5, 0.6) is 5.75 Å². The minimum absolute atomic E-state index is 0.0328. The number of allylic oxidation sites excluding steroid dienone is 1. The molecule has 0 unspecified atom stereocenters. The summed E-state index contributed by atoms with van der Waals surface area (Å²) in [6, 6.07) is 11.7. The Bertz CT molecular complexity index is 1070. The summed E-state index contributed by atoms with van der Waals surface area (Å²) in [4.78, 5) is 12.3. The fourth-order valence-electron chi connectivity index (χ4n) is 3.16. The second-order valence-corrected chi connectivity index (χ2v) is 8.60. The zero-order valence-electron chi connectivity index (χ0n) is 16.3. The van der Waals surface area contributed by atoms with Crippen molar-refractivity contribution in [3.05, 3.63) is 64.1 Å². The van der Waals surface area contributed by atoms with Crippen molar-refractivity contribution in [3.8, 4) is 5.75 Å². The van der Waals surface area contributed by atoms with Crippen molar-refractivity contribution in [2.75, 3.05) is 11.9 Å². The third-order valence-corrected chi connectivity index (χ3v) is 6.22. The first-order valence-corrected chi connectivity index (χ1v) is 10.9. The Labute approximate surface area is 174 Å². The monoisotopic (exact) mass is 436 g/mol. The van der Waals surface area contributed by atoms with Gasteiger partial charge in [0.05, 0.1) is 11.4 Å². The average Bonchev–Trinajstić information content (AvgIpc) is 2.71. The molecule has 1 aliphatic carbocycles. The van der Waals surface area contributed by atoms with E-state index in [-0.39, 0.29) is 17.1 Å². The van der Waals surface area contributed by atoms with Gasteiger partial charge >= 0.3 is 6.61 Å². The predicted octanol–water partition coefficient (Wildman–Crippen LogP) is 3.70. The zero-order valence-corrected chi connectivity index (χ0v) is 17.1. The number of amides is 1. The van der Waals surface area contributed by atoms with Gasteiger partial charge in [-0.2, -0.15) is 8.78 Å². The van der Waals surface area contributed by atoms with Gasteiger partial charge in [0, 0.05) is 5.69 Å². The first-order chi connectivity index (χ1) is 14.3. The van der Waals surface area contributed by atoms with Gasteiger partial charge in [-0.05, 0) is 66.3 Å². The van der Waals surface area contributed by atoms with E-state index >= 15 is 0 Å². The van der Waals surface area contributed by atoms with E-state index in [1.807, 2.05) is 25.1 Å². The quantitative estimate of drug-likeness (QED) is 0.661. The lowest BCUT2D eigenvalue weighted by Crippen LogP contribution is -2.34. The third kappa shape index (κ3) is 5.64. The average molecular weight is 436 g/mol. The highest BCUT2D eigenvalue weighted by Crippen LogP contribution is 2.30. The van der Waals surface area contributed by atoms with Crippen LogP contribution in [0, 0.1) is 0 Å². The first-order valence-electron chi connectivity index (χ1n) is 9.43. The van der Waals surface area contributed by atoms with Crippen molar-refractivity contribution < 1.29 is 26.7 Å². The number of nitrogens with one attached hydrogen (secondary N) is 2. The second-order valence-electron chi connectivity index (χ2n) is 6.78. The van der Waals surface area contributed by atoms with Crippen LogP contribution in [0.25, 0.3) is 6.08 Å². The van der Waals surface area contributed by atoms with Gasteiger partial charge in [0.15, 0.2) is 0 Å². The van der Waals surface area contributed by atoms with Gasteiger partial charge in [-0.25, -0.2) is 13.1 Å². The molecular formula is C21H22F2N2O4S. The number of sulfonamides is 1. The number of benzene rings is 2. The lowest BCUT2D eigenvalue weighted by Gasteiger charge is -2.18. The number of rotatable bonds is 8. The molecule has 0 heterocycles. The Balaban J connectivity index is 1.64. The molecule has 0 saturated heterocycles. The van der Waals surface area contributed by atoms with Gasteiger partial charge in [-0.1, -0.05) is 25.1 Å². The minimum atomic E-state index is -3.86. The van der Waals surface area contributed by atoms with Gasteiger partial charge in [-0.3, -0.25) is 4.79 Å². The maximum atomic E-state index is 12.6. The molecule has 2 aromatic rings. The minimum Gasteiger partial charge on any atom is -0.435 e. The van der Waals surface area contributed by atoms with Crippen LogP contribution in [0.1, 0.15) is 30.0 Å². The molecule has 3 rings (SSSR count). The number of carbonyl (C=O) groups is 1. The molecule has 0 aromatic heterocycles. The van der Waals surface area contributed by atoms with Crippen LogP contribution in [0.3, 0.4) is 0 Å². The SMILES string of the molecule is CCc1cccc(NC(=O)CNS(=O)(=O)C2=Cc3ccc(OC(F)F)cc3CC2)c1. The molecule has 0 bridgehead atoms. The Hall–Kier alpha value is -2.78. The van der Waals surface area contributed by atoms with Gasteiger partial charge < -0.3 is 10.1 Å². The molecule has 9 heteroatoms. The highest BCUT2D eigenvalue weighted by molar-refractivity contribution is 7.93. The Morgan fingerprint density at radius 1 is 1.17 bits per heavy atom. The summed E-state index contributed by atoms with van der Waals surface area (Å²) in [5, 5.41) is 2.67. The Morgan fingerprint density at radius 2 is 1.97 bits per heavy atom. The number of anilines is 1. The normalized spacial score (nSPS) is 13.5. The van der Waals surface area contributed by atoms with E-state index in [1.165, 1.54) is 24.3 Å². The maximum Gasteiger partial charge on any atom is 0.387 e. The van der Waals surface area contributed by atoms with E-state index in [2.05, 4.69) is 14.8 Å². The number of fused-ring (bicyclic) bond motifs is 1. The number of carbonyl (C=O) groups excluding carboxylic acids is 1. The Kier molecular flexibility index (Phi) is 6.84. The molecule has 2 N–H and O–H groups in total. The summed E-state index contributed by atoms with van der Waals surface area (Å²) >= 11 is 0. The van der Waals surface area contributed by atoms with Gasteiger partial charge in [0.1, 0.15) is 5.75 Å². The number of hydrogen-bond acceptors (Lipinski definition) is 4. The summed E-state index contributed by atoms with van der Waals surface area (Å²) in [5.74, 6) is -0.442. The zero-order chi connectivity index (χ0) is 21.7. The van der Waals surface area contributed by atoms with E-state index in [0.29, 0.717) is 17.7 Å². The van der Waals surface area contributed by atoms with Crippen molar-refractivity contribution in [1.29, 1.82) is 0 Å². The molecule has 0 fully saturated rings. The number of hydrogen-bond donors (Lipinski definition) is 2. The molecule has 2 aromatic carbocycles. The summed E-state index contributed by atoms with van der Waals surface area (Å²) in [6.45, 7) is -1.32. The topological polar surface area (TPSA) is 84.5 Å². The van der Waals surface area contributed by atoms with Crippen molar-refractivity contribution >= 4 is 27.7 Å². The molecule has 0 atom stereocenters. The van der Waals surface area contributed by atoms with Crippen molar-refractivity contribution in [2.24, 2.45) is 0 Å². The van der Waals surface area contributed by atoms with E-state index in [9.17, 15) is 22.0 Å². The number of aryl methyl sites for hydroxylation is 2. The Morgan fingerprint density at radius 3 is 2.70 bits per heavy atom. The van der Waals surface area contributed by atoms with Crippen LogP contribution in [0.4, 0.5) is 14.5 Å². The largest absolute Gasteiger partial charge is 0.435 e. The lowest BCUT2D eigenvalue weighted by atomic mass is 9.97. The van der Waals surface area contributed by atoms with E-state index < -0.39 is 29.1 Å². The molecule has 0 saturated carbocycles. The summed E-state index contributed by atoms with van der Waals surface area (Å²) in [5.41, 5.74) is 3.00. The predicted molar refractivity (Wildman–Crippen MR) is 111 cm³/mol. The highest BCUT2D eigenvalue weighted by Gasteiger charge is 2.23. The van der Waals surface area contributed by atoms with Crippen LogP contribution in [0.15, 0.2) is 47.4 Å². The number of alkyl halides is 2. The molecular weight excluding hydrogens is 414 g/mol. The molecule has 1 aliphatic rings. The van der Waals surface area contributed by atoms with Crippen LogP contribution >= 0.6 is 0 Å². The fraction of sp³-hybridized carbons (Fsp3) is 0.286. The number of ether oxygens (including phenoxy) is 1. The molecule has 160 valence electrons. The summed E-state index contributed by atoms with van der Waals surface area (Å²) < 4.78 is 56.5. The lowest BCUT2D eigenvalue weighted by molar-refractivity contribution is -0.115. The van der Waals surface area contributed by atoms with Crippen molar-refractivity contribution in [2.45, 2.75) is 32.8 Å². The third-order valence-electron chi connectivity index (χ3n) is 4.68. The van der Waals surface area contributed by atoms with Gasteiger partial charge in [0.2, 0.25) is 15.9 Å². The summed E-state index contributed by atoms with van der Waals surface area (Å²) in [7, 11) is -3.86. The van der Waals surface area contributed by atoms with Crippen molar-refractivity contribution in [3.63, 3.8) is 0 Å². The van der Waals surface area contributed by atoms with Gasteiger partial charge in [0.25, 0.3) is 0 Å². The van der Waals surface area contributed by atoms with Crippen LogP contribution in [-0.2, 0) is 27.7 Å². The maximum absolute atomic E-state index is 12.6. The van der Waals surface area contributed by atoms with Crippen LogP contribution < -0.4 is 14.8 Å². The second kappa shape index (κ2) is 9.36. The molecule has 0 radical (unpaired) electrons. The standard InChI is InChI=1S/C21H22F2N2O4S/c1-2-14-4-3-5-17(10-14)25-20(26)13-24-30(27,28)19-9-7-15-11-18(29-21(22)23)8-6-16(15)12-19/h3-6,8,10-12,21,24H,2,7,9,13H2,1H3,(H,25,26). The molecule has 0 spiro atoms. The van der Waals surface area contributed by atoms with Gasteiger partial charge in [-0.15, -0.1) is 0 Å². The first kappa shape index (κ1) is 21.9. The molecule has 0 aliphatic heterocycles. The van der Waals surface area contributed by atoms with E-state index in [0.717, 1.165) is 17.5 Å². The highest BCUT2D eigenvalue weighted by atomic mass is 32.2. The van der Waals surface area contributed by atoms with Crippen LogP contribution in [0.2, 0.25) is 0 Å². The van der Waals surface area contributed by atoms with E-state index in [1.54, 1.807) is 6.07 Å². The van der Waals surface area contributed by atoms with Crippen molar-refractivity contribution in [1.82, 2.24) is 4.72 Å². The fourth-order valence-corrected chi connectivity index (χ4v) is 4.32. The summed E-state index contributed by atoms with van der Waals surface area (Å²) in [6.07, 6.45) is 2.86. The van der Waals surface area contributed by atoms with E-state index in [4.69, 9.17) is 0 Å². The molecule has 6 nitrogen and oxygen atoms in total.